The Bertz CT molecular complexity index is 908. The lowest BCUT2D eigenvalue weighted by molar-refractivity contribution is -0.128. The number of carbonyl (C=O) groups excluding carboxylic acids is 1. The first-order valence-corrected chi connectivity index (χ1v) is 11.5. The van der Waals surface area contributed by atoms with Crippen molar-refractivity contribution in [1.29, 1.82) is 0 Å². The minimum absolute atomic E-state index is 0.105. The van der Waals surface area contributed by atoms with Crippen molar-refractivity contribution in [1.82, 2.24) is 15.5 Å². The predicted octanol–water partition coefficient (Wildman–Crippen LogP) is 4.27. The largest absolute Gasteiger partial charge is 0.493 e. The molecule has 32 heavy (non-hydrogen) atoms. The van der Waals surface area contributed by atoms with E-state index in [2.05, 4.69) is 72.8 Å². The molecule has 172 valence electrons. The molecule has 1 aliphatic heterocycles. The summed E-state index contributed by atoms with van der Waals surface area (Å²) in [6, 6.07) is 16.7. The number of nitrogens with one attached hydrogen (secondary N) is 2. The summed E-state index contributed by atoms with van der Waals surface area (Å²) in [7, 11) is 1.78. The van der Waals surface area contributed by atoms with E-state index in [1.807, 2.05) is 17.0 Å². The minimum Gasteiger partial charge on any atom is -0.493 e. The van der Waals surface area contributed by atoms with E-state index in [1.54, 1.807) is 7.05 Å². The molecule has 0 saturated carbocycles. The van der Waals surface area contributed by atoms with Crippen LogP contribution in [0.5, 0.6) is 5.75 Å². The van der Waals surface area contributed by atoms with Gasteiger partial charge in [-0.15, -0.1) is 0 Å². The van der Waals surface area contributed by atoms with Crippen LogP contribution in [0.2, 0.25) is 0 Å². The van der Waals surface area contributed by atoms with Crippen molar-refractivity contribution in [3.63, 3.8) is 0 Å². The van der Waals surface area contributed by atoms with Gasteiger partial charge in [0.25, 0.3) is 0 Å². The van der Waals surface area contributed by atoms with E-state index in [4.69, 9.17) is 4.74 Å². The van der Waals surface area contributed by atoms with Crippen LogP contribution < -0.4 is 15.4 Å². The van der Waals surface area contributed by atoms with Crippen LogP contribution in [0.15, 0.2) is 53.5 Å². The van der Waals surface area contributed by atoms with Gasteiger partial charge in [-0.05, 0) is 48.1 Å². The quantitative estimate of drug-likeness (QED) is 0.455. The molecule has 1 aliphatic rings. The van der Waals surface area contributed by atoms with Gasteiger partial charge in [0, 0.05) is 33.1 Å². The lowest BCUT2D eigenvalue weighted by atomic mass is 10.1. The van der Waals surface area contributed by atoms with Gasteiger partial charge in [-0.1, -0.05) is 50.2 Å². The molecule has 1 atom stereocenters. The molecule has 2 aromatic rings. The topological polar surface area (TPSA) is 66.0 Å². The summed E-state index contributed by atoms with van der Waals surface area (Å²) < 4.78 is 5.77. The number of guanidine groups is 1. The Kier molecular flexibility index (Phi) is 8.54. The molecule has 1 amide bonds. The number of carbonyl (C=O) groups is 1. The van der Waals surface area contributed by atoms with Gasteiger partial charge in [0.15, 0.2) is 5.96 Å². The number of likely N-dealkylation sites (tertiary alicyclic amines) is 1. The number of nitrogens with zero attached hydrogens (tertiary/aromatic N) is 2. The van der Waals surface area contributed by atoms with Crippen LogP contribution >= 0.6 is 0 Å². The molecule has 1 unspecified atom stereocenters. The van der Waals surface area contributed by atoms with Crippen molar-refractivity contribution in [3.05, 3.63) is 65.2 Å². The minimum atomic E-state index is 0.105. The van der Waals surface area contributed by atoms with E-state index in [-0.39, 0.29) is 11.9 Å². The van der Waals surface area contributed by atoms with Crippen LogP contribution in [-0.2, 0) is 17.9 Å². The van der Waals surface area contributed by atoms with Gasteiger partial charge in [-0.2, -0.15) is 0 Å². The Morgan fingerprint density at radius 1 is 1.12 bits per heavy atom. The van der Waals surface area contributed by atoms with Crippen LogP contribution in [0.4, 0.5) is 0 Å². The SMILES string of the molecule is CN=C(NCc1cccc(CN2CCCC2=O)c1)NC(C)c1ccc(OCC(C)C)cc1. The van der Waals surface area contributed by atoms with Crippen LogP contribution in [0, 0.1) is 5.92 Å². The standard InChI is InChI=1S/C26H36N4O2/c1-19(2)18-32-24-12-10-23(11-13-24)20(3)29-26(27-4)28-16-21-7-5-8-22(15-21)17-30-14-6-9-25(30)31/h5,7-8,10-13,15,19-20H,6,9,14,16-18H2,1-4H3,(H2,27,28,29). The number of hydrogen-bond donors (Lipinski definition) is 2. The fourth-order valence-electron chi connectivity index (χ4n) is 3.71. The Morgan fingerprint density at radius 2 is 1.88 bits per heavy atom. The van der Waals surface area contributed by atoms with E-state index in [0.29, 0.717) is 25.4 Å². The molecule has 6 heteroatoms. The van der Waals surface area contributed by atoms with E-state index in [0.717, 1.165) is 42.4 Å². The molecule has 0 radical (unpaired) electrons. The van der Waals surface area contributed by atoms with Gasteiger partial charge >= 0.3 is 0 Å². The maximum absolute atomic E-state index is 11.9. The van der Waals surface area contributed by atoms with E-state index in [9.17, 15) is 4.79 Å². The Labute approximate surface area is 192 Å². The molecule has 1 fully saturated rings. The summed E-state index contributed by atoms with van der Waals surface area (Å²) in [5, 5.41) is 6.84. The monoisotopic (exact) mass is 436 g/mol. The van der Waals surface area contributed by atoms with E-state index < -0.39 is 0 Å². The Hall–Kier alpha value is -3.02. The fourth-order valence-corrected chi connectivity index (χ4v) is 3.71. The number of hydrogen-bond acceptors (Lipinski definition) is 3. The maximum Gasteiger partial charge on any atom is 0.222 e. The van der Waals surface area contributed by atoms with Crippen molar-refractivity contribution < 1.29 is 9.53 Å². The average Bonchev–Trinajstić information content (AvgIpc) is 3.19. The third-order valence-corrected chi connectivity index (χ3v) is 5.54. The van der Waals surface area contributed by atoms with Crippen molar-refractivity contribution in [2.24, 2.45) is 10.9 Å². The maximum atomic E-state index is 11.9. The first-order valence-electron chi connectivity index (χ1n) is 11.5. The molecule has 3 rings (SSSR count). The molecule has 1 saturated heterocycles. The van der Waals surface area contributed by atoms with E-state index in [1.165, 1.54) is 5.56 Å². The number of aliphatic imine (C=N–C) groups is 1. The molecule has 0 bridgehead atoms. The molecular formula is C26H36N4O2. The van der Waals surface area contributed by atoms with Crippen LogP contribution in [-0.4, -0.2) is 37.0 Å². The summed E-state index contributed by atoms with van der Waals surface area (Å²) in [5.41, 5.74) is 3.49. The molecule has 6 nitrogen and oxygen atoms in total. The van der Waals surface area contributed by atoms with Crippen molar-refractivity contribution in [3.8, 4) is 5.75 Å². The zero-order valence-electron chi connectivity index (χ0n) is 19.7. The van der Waals surface area contributed by atoms with Crippen LogP contribution in [0.25, 0.3) is 0 Å². The van der Waals surface area contributed by atoms with Gasteiger partial charge in [0.05, 0.1) is 12.6 Å². The highest BCUT2D eigenvalue weighted by molar-refractivity contribution is 5.80. The van der Waals surface area contributed by atoms with Crippen molar-refractivity contribution in [2.75, 3.05) is 20.2 Å². The average molecular weight is 437 g/mol. The predicted molar refractivity (Wildman–Crippen MR) is 130 cm³/mol. The lowest BCUT2D eigenvalue weighted by Crippen LogP contribution is -2.38. The summed E-state index contributed by atoms with van der Waals surface area (Å²) in [5.74, 6) is 2.41. The molecule has 2 aromatic carbocycles. The molecule has 2 N–H and O–H groups in total. The summed E-state index contributed by atoms with van der Waals surface area (Å²) in [6.45, 7) is 9.33. The zero-order valence-corrected chi connectivity index (χ0v) is 19.7. The molecule has 0 aliphatic carbocycles. The molecular weight excluding hydrogens is 400 g/mol. The van der Waals surface area contributed by atoms with Gasteiger partial charge in [0.2, 0.25) is 5.91 Å². The zero-order chi connectivity index (χ0) is 22.9. The van der Waals surface area contributed by atoms with Gasteiger partial charge in [-0.25, -0.2) is 0 Å². The molecule has 0 spiro atoms. The summed E-state index contributed by atoms with van der Waals surface area (Å²) in [4.78, 5) is 18.2. The normalized spacial score (nSPS) is 15.2. The molecule has 1 heterocycles. The second-order valence-corrected chi connectivity index (χ2v) is 8.80. The highest BCUT2D eigenvalue weighted by Gasteiger charge is 2.20. The second kappa shape index (κ2) is 11.6. The first kappa shape index (κ1) is 23.6. The van der Waals surface area contributed by atoms with Gasteiger partial charge in [-0.3, -0.25) is 9.79 Å². The van der Waals surface area contributed by atoms with E-state index >= 15 is 0 Å². The first-order chi connectivity index (χ1) is 15.4. The van der Waals surface area contributed by atoms with Crippen LogP contribution in [0.1, 0.15) is 56.3 Å². The Morgan fingerprint density at radius 3 is 2.53 bits per heavy atom. The fraction of sp³-hybridized carbons (Fsp3) is 0.462. The van der Waals surface area contributed by atoms with Crippen molar-refractivity contribution >= 4 is 11.9 Å². The Balaban J connectivity index is 1.51. The highest BCUT2D eigenvalue weighted by Crippen LogP contribution is 2.18. The van der Waals surface area contributed by atoms with Crippen molar-refractivity contribution in [2.45, 2.75) is 52.7 Å². The van der Waals surface area contributed by atoms with Gasteiger partial charge in [0.1, 0.15) is 5.75 Å². The number of rotatable bonds is 9. The third-order valence-electron chi connectivity index (χ3n) is 5.54. The number of ether oxygens (including phenoxy) is 1. The second-order valence-electron chi connectivity index (χ2n) is 8.80. The summed E-state index contributed by atoms with van der Waals surface area (Å²) >= 11 is 0. The number of benzene rings is 2. The van der Waals surface area contributed by atoms with Crippen LogP contribution in [0.3, 0.4) is 0 Å². The summed E-state index contributed by atoms with van der Waals surface area (Å²) in [6.07, 6.45) is 1.64. The smallest absolute Gasteiger partial charge is 0.222 e. The number of amides is 1. The highest BCUT2D eigenvalue weighted by atomic mass is 16.5. The lowest BCUT2D eigenvalue weighted by Gasteiger charge is -2.19. The third kappa shape index (κ3) is 7.01. The molecule has 0 aromatic heterocycles. The van der Waals surface area contributed by atoms with Gasteiger partial charge < -0.3 is 20.3 Å².